The Hall–Kier alpha value is -1.69. The first-order chi connectivity index (χ1) is 8.65. The number of H-pyrrole nitrogens is 1. The van der Waals surface area contributed by atoms with Gasteiger partial charge in [-0.2, -0.15) is 0 Å². The number of nitrogens with one attached hydrogen (secondary N) is 2. The highest BCUT2D eigenvalue weighted by Crippen LogP contribution is 2.31. The number of fused-ring (bicyclic) bond motifs is 1. The molecule has 1 amide bonds. The van der Waals surface area contributed by atoms with E-state index in [0.717, 1.165) is 25.7 Å². The van der Waals surface area contributed by atoms with E-state index in [9.17, 15) is 9.59 Å². The van der Waals surface area contributed by atoms with Gasteiger partial charge in [0.05, 0.1) is 5.92 Å². The van der Waals surface area contributed by atoms with Crippen molar-refractivity contribution in [1.82, 2.24) is 15.4 Å². The van der Waals surface area contributed by atoms with Crippen molar-refractivity contribution in [1.29, 1.82) is 0 Å². The van der Waals surface area contributed by atoms with Crippen molar-refractivity contribution in [2.45, 2.75) is 38.6 Å². The van der Waals surface area contributed by atoms with Crippen LogP contribution in [-0.4, -0.2) is 21.9 Å². The smallest absolute Gasteiger partial charge is 0.252 e. The summed E-state index contributed by atoms with van der Waals surface area (Å²) in [6.07, 6.45) is 4.17. The minimum absolute atomic E-state index is 0.0217. The van der Waals surface area contributed by atoms with Crippen LogP contribution in [0.5, 0.6) is 0 Å². The second-order valence-corrected chi connectivity index (χ2v) is 5.01. The number of carbonyl (C=O) groups is 1. The molecule has 0 radical (unpaired) electrons. The third-order valence-corrected chi connectivity index (χ3v) is 3.67. The van der Waals surface area contributed by atoms with Crippen LogP contribution < -0.4 is 16.0 Å². The van der Waals surface area contributed by atoms with Gasteiger partial charge in [0, 0.05) is 17.8 Å². The van der Waals surface area contributed by atoms with Crippen LogP contribution in [0.4, 0.5) is 5.95 Å². The van der Waals surface area contributed by atoms with E-state index in [1.807, 2.05) is 0 Å². The van der Waals surface area contributed by atoms with Crippen LogP contribution >= 0.6 is 0 Å². The molecule has 3 rings (SSSR count). The number of amides is 1. The van der Waals surface area contributed by atoms with E-state index in [1.165, 1.54) is 11.1 Å². The van der Waals surface area contributed by atoms with Crippen LogP contribution in [-0.2, 0) is 4.79 Å². The third kappa shape index (κ3) is 1.82. The average molecular weight is 248 g/mol. The number of carbonyl (C=O) groups excluding carboxylic acids is 1. The summed E-state index contributed by atoms with van der Waals surface area (Å²) in [4.78, 5) is 30.5. The Bertz CT molecular complexity index is 539. The highest BCUT2D eigenvalue weighted by atomic mass is 16.2. The quantitative estimate of drug-likeness (QED) is 0.758. The maximum atomic E-state index is 12.3. The van der Waals surface area contributed by atoms with Gasteiger partial charge >= 0.3 is 0 Å². The van der Waals surface area contributed by atoms with Crippen LogP contribution in [0.1, 0.15) is 31.4 Å². The molecule has 1 aliphatic carbocycles. The van der Waals surface area contributed by atoms with Crippen LogP contribution in [0.25, 0.3) is 0 Å². The molecular formula is C12H16N4O2. The van der Waals surface area contributed by atoms with Crippen molar-refractivity contribution in [3.8, 4) is 0 Å². The van der Waals surface area contributed by atoms with E-state index in [4.69, 9.17) is 0 Å². The molecule has 18 heavy (non-hydrogen) atoms. The minimum atomic E-state index is -0.234. The van der Waals surface area contributed by atoms with Crippen LogP contribution in [0.15, 0.2) is 10.9 Å². The van der Waals surface area contributed by atoms with Crippen molar-refractivity contribution in [2.75, 3.05) is 5.01 Å². The molecule has 0 bridgehead atoms. The Morgan fingerprint density at radius 1 is 1.33 bits per heavy atom. The number of nitrogens with zero attached hydrogens (tertiary/aromatic N) is 2. The molecule has 6 nitrogen and oxygen atoms in total. The molecule has 2 N–H and O–H groups in total. The minimum Gasteiger partial charge on any atom is -0.291 e. The number of aryl methyl sites for hydroxylation is 1. The molecule has 6 heteroatoms. The van der Waals surface area contributed by atoms with Gasteiger partial charge in [0.15, 0.2) is 0 Å². The van der Waals surface area contributed by atoms with E-state index < -0.39 is 0 Å². The lowest BCUT2D eigenvalue weighted by atomic mass is 9.86. The van der Waals surface area contributed by atoms with Crippen LogP contribution in [0.2, 0.25) is 0 Å². The molecular weight excluding hydrogens is 232 g/mol. The zero-order chi connectivity index (χ0) is 12.7. The standard InChI is InChI=1S/C12H16N4O2/c1-7-6-10(17)14-12(13-7)16-11(18)8-4-2-3-5-9(8)15-16/h6,8-9,15H,2-5H2,1H3,(H,13,14,17). The fourth-order valence-corrected chi connectivity index (χ4v) is 2.81. The SMILES string of the molecule is Cc1cc(=O)[nH]c(N2NC3CCCCC3C2=O)n1. The van der Waals surface area contributed by atoms with Crippen molar-refractivity contribution < 1.29 is 4.79 Å². The summed E-state index contributed by atoms with van der Waals surface area (Å²) in [7, 11) is 0. The molecule has 1 saturated carbocycles. The summed E-state index contributed by atoms with van der Waals surface area (Å²) >= 11 is 0. The molecule has 1 aromatic rings. The van der Waals surface area contributed by atoms with E-state index in [2.05, 4.69) is 15.4 Å². The summed E-state index contributed by atoms with van der Waals surface area (Å²) in [6.45, 7) is 1.74. The van der Waals surface area contributed by atoms with Gasteiger partial charge < -0.3 is 0 Å². The van der Waals surface area contributed by atoms with Gasteiger partial charge in [-0.15, -0.1) is 0 Å². The van der Waals surface area contributed by atoms with Gasteiger partial charge in [0.1, 0.15) is 0 Å². The summed E-state index contributed by atoms with van der Waals surface area (Å²) < 4.78 is 0. The number of rotatable bonds is 1. The molecule has 2 unspecified atom stereocenters. The molecule has 0 spiro atoms. The predicted octanol–water partition coefficient (Wildman–Crippen LogP) is 0.488. The lowest BCUT2D eigenvalue weighted by Crippen LogP contribution is -2.39. The summed E-state index contributed by atoms with van der Waals surface area (Å²) in [5.41, 5.74) is 3.54. The first-order valence-electron chi connectivity index (χ1n) is 6.33. The van der Waals surface area contributed by atoms with Crippen LogP contribution in [0.3, 0.4) is 0 Å². The second-order valence-electron chi connectivity index (χ2n) is 5.01. The highest BCUT2D eigenvalue weighted by Gasteiger charge is 2.42. The Kier molecular flexibility index (Phi) is 2.66. The topological polar surface area (TPSA) is 78.1 Å². The predicted molar refractivity (Wildman–Crippen MR) is 66.0 cm³/mol. The third-order valence-electron chi connectivity index (χ3n) is 3.67. The van der Waals surface area contributed by atoms with E-state index in [1.54, 1.807) is 6.92 Å². The second kappa shape index (κ2) is 4.20. The lowest BCUT2D eigenvalue weighted by molar-refractivity contribution is -0.121. The molecule has 2 aliphatic rings. The van der Waals surface area contributed by atoms with Crippen molar-refractivity contribution in [2.24, 2.45) is 5.92 Å². The fraction of sp³-hybridized carbons (Fsp3) is 0.583. The number of aromatic amines is 1. The van der Waals surface area contributed by atoms with Gasteiger partial charge in [0.25, 0.3) is 5.56 Å². The van der Waals surface area contributed by atoms with E-state index in [0.29, 0.717) is 11.6 Å². The summed E-state index contributed by atoms with van der Waals surface area (Å²) in [5.74, 6) is 0.359. The molecule has 1 aromatic heterocycles. The molecule has 96 valence electrons. The first kappa shape index (κ1) is 11.4. The maximum Gasteiger partial charge on any atom is 0.252 e. The number of anilines is 1. The van der Waals surface area contributed by atoms with Crippen molar-refractivity contribution in [3.63, 3.8) is 0 Å². The molecule has 2 heterocycles. The van der Waals surface area contributed by atoms with Crippen LogP contribution in [0, 0.1) is 12.8 Å². The first-order valence-corrected chi connectivity index (χ1v) is 6.33. The van der Waals surface area contributed by atoms with Gasteiger partial charge in [-0.25, -0.2) is 15.4 Å². The molecule has 2 atom stereocenters. The molecule has 1 saturated heterocycles. The van der Waals surface area contributed by atoms with Gasteiger partial charge in [-0.3, -0.25) is 14.6 Å². The van der Waals surface area contributed by atoms with E-state index >= 15 is 0 Å². The van der Waals surface area contributed by atoms with Gasteiger partial charge in [0.2, 0.25) is 11.9 Å². The normalized spacial score (nSPS) is 27.4. The lowest BCUT2D eigenvalue weighted by Gasteiger charge is -2.21. The fourth-order valence-electron chi connectivity index (χ4n) is 2.81. The number of aromatic nitrogens is 2. The largest absolute Gasteiger partial charge is 0.291 e. The van der Waals surface area contributed by atoms with Gasteiger partial charge in [-0.1, -0.05) is 12.8 Å². The number of hydrogen-bond acceptors (Lipinski definition) is 4. The monoisotopic (exact) mass is 248 g/mol. The molecule has 1 aliphatic heterocycles. The molecule has 2 fully saturated rings. The Balaban J connectivity index is 1.93. The highest BCUT2D eigenvalue weighted by molar-refractivity contribution is 5.95. The van der Waals surface area contributed by atoms with Crippen molar-refractivity contribution >= 4 is 11.9 Å². The average Bonchev–Trinajstić information content (AvgIpc) is 2.66. The zero-order valence-electron chi connectivity index (χ0n) is 10.3. The van der Waals surface area contributed by atoms with Gasteiger partial charge in [-0.05, 0) is 19.8 Å². The Morgan fingerprint density at radius 3 is 2.83 bits per heavy atom. The zero-order valence-corrected chi connectivity index (χ0v) is 10.3. The Morgan fingerprint density at radius 2 is 2.11 bits per heavy atom. The van der Waals surface area contributed by atoms with Crippen molar-refractivity contribution in [3.05, 3.63) is 22.1 Å². The summed E-state index contributed by atoms with van der Waals surface area (Å²) in [6, 6.07) is 1.61. The van der Waals surface area contributed by atoms with E-state index in [-0.39, 0.29) is 23.4 Å². The number of hydrogen-bond donors (Lipinski definition) is 2. The summed E-state index contributed by atoms with van der Waals surface area (Å²) in [5, 5.41) is 1.41. The molecule has 0 aromatic carbocycles. The number of hydrazine groups is 1. The maximum absolute atomic E-state index is 12.3. The Labute approximate surface area is 104 Å².